The smallest absolute Gasteiger partial charge is 0.387 e. The van der Waals surface area contributed by atoms with Crippen molar-refractivity contribution in [3.8, 4) is 11.5 Å². The Bertz CT molecular complexity index is 653. The van der Waals surface area contributed by atoms with Crippen molar-refractivity contribution in [3.63, 3.8) is 0 Å². The molecule has 2 atom stereocenters. The van der Waals surface area contributed by atoms with Crippen molar-refractivity contribution in [1.82, 2.24) is 5.32 Å². The Hall–Kier alpha value is -2.38. The maximum atomic E-state index is 12.4. The van der Waals surface area contributed by atoms with Crippen LogP contribution >= 0.6 is 0 Å². The van der Waals surface area contributed by atoms with E-state index in [0.29, 0.717) is 5.92 Å². The second-order valence-electron chi connectivity index (χ2n) is 6.48. The van der Waals surface area contributed by atoms with E-state index in [1.807, 2.05) is 0 Å². The Morgan fingerprint density at radius 1 is 1.22 bits per heavy atom. The van der Waals surface area contributed by atoms with Gasteiger partial charge in [-0.1, -0.05) is 19.8 Å². The number of esters is 1. The number of alkyl halides is 2. The maximum Gasteiger partial charge on any atom is 0.387 e. The fourth-order valence-electron chi connectivity index (χ4n) is 3.09. The third-order valence-electron chi connectivity index (χ3n) is 4.49. The van der Waals surface area contributed by atoms with Gasteiger partial charge in [0.05, 0.1) is 12.2 Å². The molecule has 1 saturated carbocycles. The minimum absolute atomic E-state index is 0.00716. The van der Waals surface area contributed by atoms with E-state index in [1.54, 1.807) is 6.92 Å². The van der Waals surface area contributed by atoms with Crippen molar-refractivity contribution in [2.24, 2.45) is 5.92 Å². The number of rotatable bonds is 8. The van der Waals surface area contributed by atoms with Crippen molar-refractivity contribution < 1.29 is 32.6 Å². The summed E-state index contributed by atoms with van der Waals surface area (Å²) in [7, 11) is 0. The van der Waals surface area contributed by atoms with Gasteiger partial charge in [0.1, 0.15) is 0 Å². The van der Waals surface area contributed by atoms with Crippen LogP contribution in [0.2, 0.25) is 0 Å². The molecule has 0 radical (unpaired) electrons. The van der Waals surface area contributed by atoms with Gasteiger partial charge in [0.25, 0.3) is 5.91 Å². The number of benzene rings is 1. The summed E-state index contributed by atoms with van der Waals surface area (Å²) in [5, 5.41) is 2.89. The van der Waals surface area contributed by atoms with E-state index < -0.39 is 19.2 Å². The molecule has 1 fully saturated rings. The molecule has 1 amide bonds. The van der Waals surface area contributed by atoms with Crippen molar-refractivity contribution >= 4 is 11.9 Å². The second kappa shape index (κ2) is 10.1. The molecule has 0 aliphatic heterocycles. The van der Waals surface area contributed by atoms with E-state index in [9.17, 15) is 18.4 Å². The van der Waals surface area contributed by atoms with Crippen molar-refractivity contribution in [3.05, 3.63) is 23.8 Å². The zero-order valence-electron chi connectivity index (χ0n) is 15.5. The lowest BCUT2D eigenvalue weighted by molar-refractivity contribution is -0.125. The van der Waals surface area contributed by atoms with Crippen LogP contribution < -0.4 is 14.8 Å². The van der Waals surface area contributed by atoms with Gasteiger partial charge in [-0.05, 0) is 43.9 Å². The van der Waals surface area contributed by atoms with Crippen LogP contribution in [0.5, 0.6) is 11.5 Å². The molecule has 0 aromatic heterocycles. The summed E-state index contributed by atoms with van der Waals surface area (Å²) in [6.45, 7) is 0.566. The highest BCUT2D eigenvalue weighted by atomic mass is 19.3. The summed E-state index contributed by atoms with van der Waals surface area (Å²) in [6, 6.07) is 3.84. The summed E-state index contributed by atoms with van der Waals surface area (Å²) in [4.78, 5) is 24.2. The van der Waals surface area contributed by atoms with Gasteiger partial charge in [-0.3, -0.25) is 4.79 Å². The molecule has 27 heavy (non-hydrogen) atoms. The van der Waals surface area contributed by atoms with Crippen LogP contribution in [0.25, 0.3) is 0 Å². The summed E-state index contributed by atoms with van der Waals surface area (Å²) in [6.07, 6.45) is 4.22. The van der Waals surface area contributed by atoms with Gasteiger partial charge in [-0.15, -0.1) is 0 Å². The summed E-state index contributed by atoms with van der Waals surface area (Å²) in [5.74, 6) is -0.870. The molecule has 2 rings (SSSR count). The third-order valence-corrected chi connectivity index (χ3v) is 4.49. The first-order chi connectivity index (χ1) is 12.9. The van der Waals surface area contributed by atoms with Crippen molar-refractivity contribution in [2.75, 3.05) is 13.2 Å². The fourth-order valence-corrected chi connectivity index (χ4v) is 3.09. The van der Waals surface area contributed by atoms with Crippen molar-refractivity contribution in [2.45, 2.75) is 52.2 Å². The molecule has 0 heterocycles. The Morgan fingerprint density at radius 2 is 1.96 bits per heavy atom. The quantitative estimate of drug-likeness (QED) is 0.693. The minimum atomic E-state index is -3.01. The molecule has 0 saturated heterocycles. The highest BCUT2D eigenvalue weighted by molar-refractivity contribution is 5.92. The first-order valence-corrected chi connectivity index (χ1v) is 9.08. The van der Waals surface area contributed by atoms with Gasteiger partial charge in [0.15, 0.2) is 18.1 Å². The molecule has 0 spiro atoms. The van der Waals surface area contributed by atoms with Gasteiger partial charge >= 0.3 is 12.6 Å². The Balaban J connectivity index is 1.92. The van der Waals surface area contributed by atoms with Crippen molar-refractivity contribution in [1.29, 1.82) is 0 Å². The van der Waals surface area contributed by atoms with Crippen LogP contribution in [0.3, 0.4) is 0 Å². The van der Waals surface area contributed by atoms with Crippen LogP contribution in [0.15, 0.2) is 18.2 Å². The predicted octanol–water partition coefficient (Wildman–Crippen LogP) is 3.54. The average Bonchev–Trinajstić information content (AvgIpc) is 2.63. The van der Waals surface area contributed by atoms with Crippen LogP contribution in [0.4, 0.5) is 8.78 Å². The Kier molecular flexibility index (Phi) is 7.82. The largest absolute Gasteiger partial charge is 0.490 e. The predicted molar refractivity (Wildman–Crippen MR) is 94.1 cm³/mol. The summed E-state index contributed by atoms with van der Waals surface area (Å²) in [5.41, 5.74) is 0.0823. The van der Waals surface area contributed by atoms with E-state index >= 15 is 0 Å². The highest BCUT2D eigenvalue weighted by Gasteiger charge is 2.23. The van der Waals surface area contributed by atoms with Crippen LogP contribution in [-0.2, 0) is 9.53 Å². The molecule has 1 aliphatic carbocycles. The lowest BCUT2D eigenvalue weighted by atomic mass is 9.86. The van der Waals surface area contributed by atoms with E-state index in [1.165, 1.54) is 18.2 Å². The topological polar surface area (TPSA) is 73.9 Å². The molecule has 0 unspecified atom stereocenters. The fraction of sp³-hybridized carbons (Fsp3) is 0.579. The van der Waals surface area contributed by atoms with Gasteiger partial charge < -0.3 is 19.5 Å². The molecular weight excluding hydrogens is 360 g/mol. The number of nitrogens with one attached hydrogen (secondary N) is 1. The molecule has 1 aromatic carbocycles. The second-order valence-corrected chi connectivity index (χ2v) is 6.48. The van der Waals surface area contributed by atoms with E-state index in [4.69, 9.17) is 9.47 Å². The Morgan fingerprint density at radius 3 is 2.63 bits per heavy atom. The average molecular weight is 385 g/mol. The zero-order chi connectivity index (χ0) is 19.8. The molecule has 150 valence electrons. The lowest BCUT2D eigenvalue weighted by Crippen LogP contribution is -2.42. The van der Waals surface area contributed by atoms with Gasteiger partial charge in [-0.2, -0.15) is 8.78 Å². The molecule has 8 heteroatoms. The molecule has 6 nitrogen and oxygen atoms in total. The first kappa shape index (κ1) is 20.9. The SMILES string of the molecule is CCOc1cc(C(=O)OCC(=O)N[C@@H]2CCCC[C@@H]2C)ccc1OC(F)F. The summed E-state index contributed by atoms with van der Waals surface area (Å²) >= 11 is 0. The normalized spacial score (nSPS) is 19.4. The third kappa shape index (κ3) is 6.37. The number of carbonyl (C=O) groups is 2. The Labute approximate surface area is 157 Å². The number of hydrogen-bond donors (Lipinski definition) is 1. The van der Waals surface area contributed by atoms with E-state index in [-0.39, 0.29) is 35.6 Å². The molecule has 1 aliphatic rings. The van der Waals surface area contributed by atoms with E-state index in [2.05, 4.69) is 17.0 Å². The van der Waals surface area contributed by atoms with Gasteiger partial charge in [0.2, 0.25) is 0 Å². The number of carbonyl (C=O) groups excluding carboxylic acids is 2. The van der Waals surface area contributed by atoms with E-state index in [0.717, 1.165) is 25.7 Å². The molecule has 1 aromatic rings. The minimum Gasteiger partial charge on any atom is -0.490 e. The maximum absolute atomic E-state index is 12.4. The summed E-state index contributed by atoms with van der Waals surface area (Å²) < 4.78 is 39.4. The highest BCUT2D eigenvalue weighted by Crippen LogP contribution is 2.30. The monoisotopic (exact) mass is 385 g/mol. The van der Waals surface area contributed by atoms with Crippen LogP contribution in [0, 0.1) is 5.92 Å². The first-order valence-electron chi connectivity index (χ1n) is 9.08. The van der Waals surface area contributed by atoms with Crippen LogP contribution in [0.1, 0.15) is 49.9 Å². The van der Waals surface area contributed by atoms with Crippen LogP contribution in [-0.4, -0.2) is 37.7 Å². The number of halogens is 2. The number of ether oxygens (including phenoxy) is 3. The lowest BCUT2D eigenvalue weighted by Gasteiger charge is -2.29. The molecule has 0 bridgehead atoms. The molecular formula is C19H25F2NO5. The van der Waals surface area contributed by atoms with Gasteiger partial charge in [-0.25, -0.2) is 4.79 Å². The zero-order valence-corrected chi connectivity index (χ0v) is 15.5. The van der Waals surface area contributed by atoms with Gasteiger partial charge in [0, 0.05) is 6.04 Å². The molecule has 1 N–H and O–H groups in total. The number of hydrogen-bond acceptors (Lipinski definition) is 5. The number of amides is 1. The standard InChI is InChI=1S/C19H25F2NO5/c1-3-25-16-10-13(8-9-15(16)27-19(20)21)18(24)26-11-17(23)22-14-7-5-4-6-12(14)2/h8-10,12,14,19H,3-7,11H2,1-2H3,(H,22,23)/t12-,14+/m0/s1.